The summed E-state index contributed by atoms with van der Waals surface area (Å²) < 4.78 is 32.5. The fraction of sp³-hybridized carbons (Fsp3) is 0.333. The number of hydrogen-bond donors (Lipinski definition) is 2. The van der Waals surface area contributed by atoms with Gasteiger partial charge in [0.05, 0.1) is 29.2 Å². The van der Waals surface area contributed by atoms with Crippen LogP contribution in [0.4, 0.5) is 8.78 Å². The second-order valence-electron chi connectivity index (χ2n) is 9.10. The minimum atomic E-state index is -1.04. The highest BCUT2D eigenvalue weighted by atomic mass is 35.5. The van der Waals surface area contributed by atoms with E-state index in [0.717, 1.165) is 18.2 Å². The Balaban J connectivity index is 1.45. The number of methoxy groups -OCH3 is 1. The Kier molecular flexibility index (Phi) is 7.88. The van der Waals surface area contributed by atoms with Gasteiger partial charge in [0.15, 0.2) is 0 Å². The standard InChI is InChI=1S/C27H27ClF2N2O4/c1-36-19-5-7-23-20(14-19)25(21(28)15-31-23)24(33)8-9-27(26(34)35)10-12-32(16-27)11-2-3-17-13-18(29)4-6-22(17)30/h2-7,13-15,24,33H,8-12,16H2,1H3,(H,34,35). The number of rotatable bonds is 9. The molecule has 4 rings (SSSR count). The zero-order valence-corrected chi connectivity index (χ0v) is 20.5. The van der Waals surface area contributed by atoms with Crippen LogP contribution in [0.1, 0.15) is 36.5 Å². The molecule has 0 spiro atoms. The number of ether oxygens (including phenoxy) is 1. The van der Waals surface area contributed by atoms with E-state index in [1.165, 1.54) is 12.3 Å². The SMILES string of the molecule is COc1ccc2ncc(Cl)c(C(O)CCC3(C(=O)O)CCN(CC=Cc4cc(F)ccc4F)C3)c2c1. The summed E-state index contributed by atoms with van der Waals surface area (Å²) in [6.07, 6.45) is 4.53. The summed E-state index contributed by atoms with van der Waals surface area (Å²) in [5.74, 6) is -1.38. The number of benzene rings is 2. The lowest BCUT2D eigenvalue weighted by atomic mass is 9.81. The van der Waals surface area contributed by atoms with Gasteiger partial charge >= 0.3 is 5.97 Å². The maximum Gasteiger partial charge on any atom is 0.310 e. The number of likely N-dealkylation sites (tertiary alicyclic amines) is 1. The molecule has 1 aliphatic heterocycles. The quantitative estimate of drug-likeness (QED) is 0.392. The van der Waals surface area contributed by atoms with Crippen LogP contribution in [0.5, 0.6) is 5.75 Å². The number of hydrogen-bond acceptors (Lipinski definition) is 5. The Hall–Kier alpha value is -3.07. The molecule has 2 N–H and O–H groups in total. The van der Waals surface area contributed by atoms with E-state index in [1.807, 2.05) is 4.90 Å². The van der Waals surface area contributed by atoms with Crippen molar-refractivity contribution in [3.8, 4) is 5.75 Å². The normalized spacial score (nSPS) is 19.2. The Morgan fingerprint density at radius 1 is 1.31 bits per heavy atom. The van der Waals surface area contributed by atoms with Crippen LogP contribution in [0.15, 0.2) is 48.7 Å². The molecule has 2 unspecified atom stereocenters. The second kappa shape index (κ2) is 10.9. The highest BCUT2D eigenvalue weighted by Gasteiger charge is 2.44. The molecule has 36 heavy (non-hydrogen) atoms. The van der Waals surface area contributed by atoms with E-state index in [4.69, 9.17) is 16.3 Å². The number of carboxylic acid groups (broad SMARTS) is 1. The van der Waals surface area contributed by atoms with E-state index < -0.39 is 29.1 Å². The molecule has 0 saturated carbocycles. The third-order valence-electron chi connectivity index (χ3n) is 6.80. The van der Waals surface area contributed by atoms with Gasteiger partial charge in [-0.25, -0.2) is 8.78 Å². The van der Waals surface area contributed by atoms with Crippen molar-refractivity contribution in [1.82, 2.24) is 9.88 Å². The van der Waals surface area contributed by atoms with Gasteiger partial charge in [0.1, 0.15) is 17.4 Å². The summed E-state index contributed by atoms with van der Waals surface area (Å²) in [6.45, 7) is 1.21. The molecule has 0 radical (unpaired) electrons. The van der Waals surface area contributed by atoms with Crippen molar-refractivity contribution < 1.29 is 28.5 Å². The number of carboxylic acids is 1. The molecule has 9 heteroatoms. The number of aliphatic hydroxyl groups is 1. The van der Waals surface area contributed by atoms with Crippen molar-refractivity contribution >= 4 is 34.5 Å². The van der Waals surface area contributed by atoms with Gasteiger partial charge in [0, 0.05) is 35.8 Å². The summed E-state index contributed by atoms with van der Waals surface area (Å²) in [4.78, 5) is 18.5. The predicted octanol–water partition coefficient (Wildman–Crippen LogP) is 5.48. The number of nitrogens with zero attached hydrogens (tertiary/aromatic N) is 2. The lowest BCUT2D eigenvalue weighted by Crippen LogP contribution is -2.35. The summed E-state index contributed by atoms with van der Waals surface area (Å²) >= 11 is 6.39. The molecule has 3 aromatic rings. The highest BCUT2D eigenvalue weighted by molar-refractivity contribution is 6.32. The van der Waals surface area contributed by atoms with E-state index in [-0.39, 0.29) is 24.9 Å². The van der Waals surface area contributed by atoms with Gasteiger partial charge in [-0.05, 0) is 62.2 Å². The van der Waals surface area contributed by atoms with Crippen molar-refractivity contribution in [2.45, 2.75) is 25.4 Å². The van der Waals surface area contributed by atoms with Crippen LogP contribution in [0.3, 0.4) is 0 Å². The van der Waals surface area contributed by atoms with Gasteiger partial charge in [-0.15, -0.1) is 0 Å². The molecule has 0 bridgehead atoms. The van der Waals surface area contributed by atoms with Crippen LogP contribution < -0.4 is 4.74 Å². The number of aliphatic carboxylic acids is 1. The lowest BCUT2D eigenvalue weighted by Gasteiger charge is -2.26. The van der Waals surface area contributed by atoms with Gasteiger partial charge in [-0.2, -0.15) is 0 Å². The Morgan fingerprint density at radius 2 is 2.11 bits per heavy atom. The van der Waals surface area contributed by atoms with Crippen LogP contribution in [0, 0.1) is 17.0 Å². The van der Waals surface area contributed by atoms with Crippen LogP contribution in [-0.4, -0.2) is 52.8 Å². The predicted molar refractivity (Wildman–Crippen MR) is 134 cm³/mol. The van der Waals surface area contributed by atoms with E-state index in [0.29, 0.717) is 46.7 Å². The topological polar surface area (TPSA) is 82.9 Å². The molecule has 2 aromatic carbocycles. The Morgan fingerprint density at radius 3 is 2.86 bits per heavy atom. The number of pyridine rings is 1. The summed E-state index contributed by atoms with van der Waals surface area (Å²) in [7, 11) is 1.54. The zero-order valence-electron chi connectivity index (χ0n) is 19.8. The van der Waals surface area contributed by atoms with Gasteiger partial charge < -0.3 is 14.9 Å². The fourth-order valence-electron chi connectivity index (χ4n) is 4.76. The minimum Gasteiger partial charge on any atom is -0.497 e. The molecular formula is C27H27ClF2N2O4. The fourth-order valence-corrected chi connectivity index (χ4v) is 5.04. The van der Waals surface area contributed by atoms with Crippen LogP contribution in [-0.2, 0) is 4.79 Å². The van der Waals surface area contributed by atoms with E-state index in [2.05, 4.69) is 4.98 Å². The number of fused-ring (bicyclic) bond motifs is 1. The maximum atomic E-state index is 13.8. The van der Waals surface area contributed by atoms with E-state index in [1.54, 1.807) is 31.4 Å². The molecule has 0 aliphatic carbocycles. The first-order chi connectivity index (χ1) is 17.2. The van der Waals surface area contributed by atoms with E-state index in [9.17, 15) is 23.8 Å². The van der Waals surface area contributed by atoms with Crippen molar-refractivity contribution in [3.05, 3.63) is 76.5 Å². The smallest absolute Gasteiger partial charge is 0.310 e. The zero-order chi connectivity index (χ0) is 25.9. The second-order valence-corrected chi connectivity index (χ2v) is 9.50. The van der Waals surface area contributed by atoms with Crippen LogP contribution in [0.2, 0.25) is 5.02 Å². The first-order valence-electron chi connectivity index (χ1n) is 11.6. The van der Waals surface area contributed by atoms with Crippen molar-refractivity contribution in [2.24, 2.45) is 5.41 Å². The van der Waals surface area contributed by atoms with Gasteiger partial charge in [-0.3, -0.25) is 14.7 Å². The Labute approximate surface area is 212 Å². The number of aliphatic hydroxyl groups excluding tert-OH is 1. The van der Waals surface area contributed by atoms with Crippen molar-refractivity contribution in [1.29, 1.82) is 0 Å². The van der Waals surface area contributed by atoms with Crippen LogP contribution in [0.25, 0.3) is 17.0 Å². The maximum absolute atomic E-state index is 13.8. The van der Waals surface area contributed by atoms with Gasteiger partial charge in [-0.1, -0.05) is 23.8 Å². The average molecular weight is 517 g/mol. The molecule has 6 nitrogen and oxygen atoms in total. The molecule has 1 fully saturated rings. The first-order valence-corrected chi connectivity index (χ1v) is 12.0. The molecule has 190 valence electrons. The minimum absolute atomic E-state index is 0.139. The van der Waals surface area contributed by atoms with Crippen LogP contribution >= 0.6 is 11.6 Å². The molecular weight excluding hydrogens is 490 g/mol. The largest absolute Gasteiger partial charge is 0.497 e. The highest BCUT2D eigenvalue weighted by Crippen LogP contribution is 2.40. The summed E-state index contributed by atoms with van der Waals surface area (Å²) in [5, 5.41) is 22.1. The van der Waals surface area contributed by atoms with E-state index >= 15 is 0 Å². The molecule has 2 atom stereocenters. The molecule has 0 amide bonds. The monoisotopic (exact) mass is 516 g/mol. The number of carbonyl (C=O) groups is 1. The third kappa shape index (κ3) is 5.51. The van der Waals surface area contributed by atoms with Crippen molar-refractivity contribution in [3.63, 3.8) is 0 Å². The molecule has 1 aliphatic rings. The van der Waals surface area contributed by atoms with Crippen molar-refractivity contribution in [2.75, 3.05) is 26.7 Å². The van der Waals surface area contributed by atoms with Gasteiger partial charge in [0.2, 0.25) is 0 Å². The molecule has 1 saturated heterocycles. The molecule has 1 aromatic heterocycles. The number of halogens is 3. The first kappa shape index (κ1) is 26.0. The molecule has 2 heterocycles. The lowest BCUT2D eigenvalue weighted by molar-refractivity contribution is -0.149. The van der Waals surface area contributed by atoms with Gasteiger partial charge in [0.25, 0.3) is 0 Å². The summed E-state index contributed by atoms with van der Waals surface area (Å²) in [5.41, 5.74) is 0.248. The third-order valence-corrected chi connectivity index (χ3v) is 7.10. The number of aromatic nitrogens is 1. The Bertz CT molecular complexity index is 1300. The average Bonchev–Trinajstić information content (AvgIpc) is 3.29. The summed E-state index contributed by atoms with van der Waals surface area (Å²) in [6, 6.07) is 8.54.